The maximum atomic E-state index is 12.1. The number of halogens is 2. The second-order valence-electron chi connectivity index (χ2n) is 6.83. The molecule has 0 amide bonds. The van der Waals surface area contributed by atoms with Gasteiger partial charge in [-0.1, -0.05) is 12.8 Å². The van der Waals surface area contributed by atoms with Crippen LogP contribution in [-0.4, -0.2) is 16.5 Å². The lowest BCUT2D eigenvalue weighted by atomic mass is 9.59. The van der Waals surface area contributed by atoms with Gasteiger partial charge >= 0.3 is 0 Å². The molecular formula is C16H24Cl2O. The smallest absolute Gasteiger partial charge is 0.136 e. The van der Waals surface area contributed by atoms with Gasteiger partial charge in [-0.05, 0) is 56.3 Å². The average Bonchev–Trinajstić information content (AvgIpc) is 2.43. The lowest BCUT2D eigenvalue weighted by Gasteiger charge is -2.46. The first-order chi connectivity index (χ1) is 9.16. The molecule has 0 aliphatic heterocycles. The summed E-state index contributed by atoms with van der Waals surface area (Å²) in [5, 5.41) is 0.297. The van der Waals surface area contributed by atoms with Crippen molar-refractivity contribution in [1.82, 2.24) is 0 Å². The van der Waals surface area contributed by atoms with Crippen LogP contribution < -0.4 is 0 Å². The SMILES string of the molecule is O=C1CCC(C2CCC(Cl)C(Cl)C2)C2CCCCC12. The minimum atomic E-state index is 0.139. The molecule has 0 aromatic carbocycles. The highest BCUT2D eigenvalue weighted by molar-refractivity contribution is 6.30. The number of rotatable bonds is 1. The van der Waals surface area contributed by atoms with E-state index < -0.39 is 0 Å². The Labute approximate surface area is 126 Å². The highest BCUT2D eigenvalue weighted by Gasteiger charge is 2.44. The summed E-state index contributed by atoms with van der Waals surface area (Å²) in [7, 11) is 0. The molecule has 3 fully saturated rings. The first-order valence-corrected chi connectivity index (χ1v) is 8.85. The zero-order chi connectivity index (χ0) is 13.4. The van der Waals surface area contributed by atoms with Crippen LogP contribution in [-0.2, 0) is 4.79 Å². The van der Waals surface area contributed by atoms with Crippen LogP contribution in [0.25, 0.3) is 0 Å². The molecule has 3 saturated carbocycles. The minimum absolute atomic E-state index is 0.139. The van der Waals surface area contributed by atoms with E-state index in [0.717, 1.165) is 43.9 Å². The summed E-state index contributed by atoms with van der Waals surface area (Å²) in [6.07, 6.45) is 10.3. The van der Waals surface area contributed by atoms with Crippen molar-refractivity contribution in [2.24, 2.45) is 23.7 Å². The first-order valence-electron chi connectivity index (χ1n) is 7.97. The molecule has 6 atom stereocenters. The second-order valence-corrected chi connectivity index (χ2v) is 7.95. The van der Waals surface area contributed by atoms with Crippen LogP contribution in [0.2, 0.25) is 0 Å². The van der Waals surface area contributed by atoms with Gasteiger partial charge in [0.25, 0.3) is 0 Å². The Kier molecular flexibility index (Phi) is 4.43. The van der Waals surface area contributed by atoms with Crippen LogP contribution in [0.3, 0.4) is 0 Å². The van der Waals surface area contributed by atoms with Crippen LogP contribution in [0.4, 0.5) is 0 Å². The van der Waals surface area contributed by atoms with E-state index in [9.17, 15) is 4.79 Å². The van der Waals surface area contributed by atoms with Gasteiger partial charge < -0.3 is 0 Å². The molecule has 3 rings (SSSR count). The fraction of sp³-hybridized carbons (Fsp3) is 0.938. The van der Waals surface area contributed by atoms with Crippen molar-refractivity contribution in [1.29, 1.82) is 0 Å². The molecule has 3 heteroatoms. The van der Waals surface area contributed by atoms with Gasteiger partial charge in [0, 0.05) is 17.7 Å². The van der Waals surface area contributed by atoms with E-state index in [2.05, 4.69) is 0 Å². The molecule has 0 radical (unpaired) electrons. The van der Waals surface area contributed by atoms with Crippen molar-refractivity contribution in [3.8, 4) is 0 Å². The van der Waals surface area contributed by atoms with Crippen LogP contribution in [0.15, 0.2) is 0 Å². The molecule has 108 valence electrons. The largest absolute Gasteiger partial charge is 0.299 e. The van der Waals surface area contributed by atoms with Crippen LogP contribution >= 0.6 is 23.2 Å². The highest BCUT2D eigenvalue weighted by atomic mass is 35.5. The summed E-state index contributed by atoms with van der Waals surface area (Å²) < 4.78 is 0. The molecule has 19 heavy (non-hydrogen) atoms. The summed E-state index contributed by atoms with van der Waals surface area (Å²) in [4.78, 5) is 12.1. The Morgan fingerprint density at radius 3 is 2.42 bits per heavy atom. The number of ketones is 1. The molecule has 6 unspecified atom stereocenters. The van der Waals surface area contributed by atoms with Crippen LogP contribution in [0.5, 0.6) is 0 Å². The van der Waals surface area contributed by atoms with Crippen molar-refractivity contribution in [2.45, 2.75) is 68.5 Å². The molecule has 0 spiro atoms. The summed E-state index contributed by atoms with van der Waals surface area (Å²) in [6.45, 7) is 0. The Morgan fingerprint density at radius 1 is 0.842 bits per heavy atom. The number of hydrogen-bond donors (Lipinski definition) is 0. The average molecular weight is 303 g/mol. The molecule has 3 aliphatic rings. The Hall–Kier alpha value is 0.250. The topological polar surface area (TPSA) is 17.1 Å². The third-order valence-electron chi connectivity index (χ3n) is 5.85. The molecule has 0 bridgehead atoms. The van der Waals surface area contributed by atoms with Crippen molar-refractivity contribution >= 4 is 29.0 Å². The van der Waals surface area contributed by atoms with E-state index in [1.54, 1.807) is 0 Å². The molecule has 3 aliphatic carbocycles. The van der Waals surface area contributed by atoms with Crippen LogP contribution in [0, 0.1) is 23.7 Å². The fourth-order valence-corrected chi connectivity index (χ4v) is 5.45. The van der Waals surface area contributed by atoms with Crippen molar-refractivity contribution in [3.63, 3.8) is 0 Å². The van der Waals surface area contributed by atoms with Gasteiger partial charge in [0.05, 0.1) is 5.38 Å². The quantitative estimate of drug-likeness (QED) is 0.637. The van der Waals surface area contributed by atoms with Gasteiger partial charge in [0.1, 0.15) is 5.78 Å². The second kappa shape index (κ2) is 5.93. The predicted molar refractivity (Wildman–Crippen MR) is 79.8 cm³/mol. The number of carbonyl (C=O) groups is 1. The lowest BCUT2D eigenvalue weighted by molar-refractivity contribution is -0.131. The summed E-state index contributed by atoms with van der Waals surface area (Å²) >= 11 is 12.6. The van der Waals surface area contributed by atoms with E-state index in [1.807, 2.05) is 0 Å². The monoisotopic (exact) mass is 302 g/mol. The van der Waals surface area contributed by atoms with E-state index in [-0.39, 0.29) is 10.8 Å². The van der Waals surface area contributed by atoms with E-state index in [4.69, 9.17) is 23.2 Å². The number of carbonyl (C=O) groups excluding carboxylic acids is 1. The third kappa shape index (κ3) is 2.83. The summed E-state index contributed by atoms with van der Waals surface area (Å²) in [5.41, 5.74) is 0. The van der Waals surface area contributed by atoms with Gasteiger partial charge in [-0.2, -0.15) is 0 Å². The molecular weight excluding hydrogens is 279 g/mol. The number of alkyl halides is 2. The molecule has 0 aromatic rings. The van der Waals surface area contributed by atoms with Gasteiger partial charge in [-0.3, -0.25) is 4.79 Å². The molecule has 0 N–H and O–H groups in total. The van der Waals surface area contributed by atoms with E-state index in [1.165, 1.54) is 25.7 Å². The van der Waals surface area contributed by atoms with Gasteiger partial charge in [-0.15, -0.1) is 23.2 Å². The summed E-state index contributed by atoms with van der Waals surface area (Å²) in [5.74, 6) is 3.06. The van der Waals surface area contributed by atoms with Gasteiger partial charge in [0.2, 0.25) is 0 Å². The molecule has 0 saturated heterocycles. The van der Waals surface area contributed by atoms with Gasteiger partial charge in [-0.25, -0.2) is 0 Å². The number of fused-ring (bicyclic) bond motifs is 1. The highest BCUT2D eigenvalue weighted by Crippen LogP contribution is 2.49. The number of hydrogen-bond acceptors (Lipinski definition) is 1. The van der Waals surface area contributed by atoms with Gasteiger partial charge in [0.15, 0.2) is 0 Å². The third-order valence-corrected chi connectivity index (χ3v) is 6.98. The molecule has 0 aromatic heterocycles. The van der Waals surface area contributed by atoms with E-state index >= 15 is 0 Å². The maximum Gasteiger partial charge on any atom is 0.136 e. The maximum absolute atomic E-state index is 12.1. The lowest BCUT2D eigenvalue weighted by Crippen LogP contribution is -2.42. The Bertz CT molecular complexity index is 344. The normalized spacial score (nSPS) is 47.8. The molecule has 1 nitrogen and oxygen atoms in total. The zero-order valence-electron chi connectivity index (χ0n) is 11.5. The van der Waals surface area contributed by atoms with E-state index in [0.29, 0.717) is 17.6 Å². The van der Waals surface area contributed by atoms with Crippen molar-refractivity contribution in [2.75, 3.05) is 0 Å². The Morgan fingerprint density at radius 2 is 1.63 bits per heavy atom. The number of Topliss-reactive ketones (excluding diaryl/α,β-unsaturated/α-hetero) is 1. The predicted octanol–water partition coefficient (Wildman–Crippen LogP) is 4.79. The molecule has 0 heterocycles. The summed E-state index contributed by atoms with van der Waals surface area (Å²) in [6, 6.07) is 0. The fourth-order valence-electron chi connectivity index (χ4n) is 4.86. The Balaban J connectivity index is 1.71. The van der Waals surface area contributed by atoms with Crippen molar-refractivity contribution < 1.29 is 4.79 Å². The standard InChI is InChI=1S/C16H24Cl2O/c17-14-7-5-10(9-15(14)18)11-6-8-16(19)13-4-2-1-3-12(11)13/h10-15H,1-9H2. The zero-order valence-corrected chi connectivity index (χ0v) is 13.0. The van der Waals surface area contributed by atoms with Crippen molar-refractivity contribution in [3.05, 3.63) is 0 Å². The van der Waals surface area contributed by atoms with Crippen LogP contribution in [0.1, 0.15) is 57.8 Å². The minimum Gasteiger partial charge on any atom is -0.299 e. The first kappa shape index (κ1) is 14.2.